The summed E-state index contributed by atoms with van der Waals surface area (Å²) in [6.07, 6.45) is 0.910. The molecule has 1 aliphatic rings. The third kappa shape index (κ3) is 5.48. The van der Waals surface area contributed by atoms with Crippen molar-refractivity contribution in [3.05, 3.63) is 57.3 Å². The zero-order valence-corrected chi connectivity index (χ0v) is 16.8. The highest BCUT2D eigenvalue weighted by Gasteiger charge is 2.19. The van der Waals surface area contributed by atoms with Gasteiger partial charge in [-0.05, 0) is 42.8 Å². The monoisotopic (exact) mass is 429 g/mol. The third-order valence-corrected chi connectivity index (χ3v) is 5.23. The Morgan fingerprint density at radius 2 is 1.67 bits per heavy atom. The van der Waals surface area contributed by atoms with Crippen molar-refractivity contribution in [2.75, 3.05) is 42.9 Å². The van der Waals surface area contributed by atoms with Crippen LogP contribution in [0.2, 0.25) is 15.1 Å². The molecule has 0 radical (unpaired) electrons. The van der Waals surface area contributed by atoms with Crippen LogP contribution in [0.4, 0.5) is 15.8 Å². The molecule has 8 heteroatoms. The predicted molar refractivity (Wildman–Crippen MR) is 110 cm³/mol. The molecule has 0 bridgehead atoms. The highest BCUT2D eigenvalue weighted by Crippen LogP contribution is 2.33. The van der Waals surface area contributed by atoms with Gasteiger partial charge >= 0.3 is 0 Å². The maximum Gasteiger partial charge on any atom is 0.238 e. The number of carbonyl (C=O) groups excluding carboxylic acids is 1. The van der Waals surface area contributed by atoms with Crippen LogP contribution in [0.5, 0.6) is 0 Å². The molecule has 144 valence electrons. The summed E-state index contributed by atoms with van der Waals surface area (Å²) in [4.78, 5) is 16.7. The van der Waals surface area contributed by atoms with Crippen LogP contribution in [-0.4, -0.2) is 43.5 Å². The number of halogens is 4. The molecule has 0 spiro atoms. The standard InChI is InChI=1S/C19H19Cl3FN3O/c20-13-10-16(21)19(17(22)11-13)24-18(27)12-25-6-1-7-26(9-8-25)15-4-2-14(23)3-5-15/h2-5,10-11H,1,6-9,12H2,(H,24,27). The molecule has 1 saturated heterocycles. The Morgan fingerprint density at radius 3 is 2.33 bits per heavy atom. The molecule has 2 aromatic carbocycles. The van der Waals surface area contributed by atoms with Gasteiger partial charge < -0.3 is 10.2 Å². The minimum absolute atomic E-state index is 0.184. The van der Waals surface area contributed by atoms with Gasteiger partial charge in [0.2, 0.25) is 5.91 Å². The Hall–Kier alpha value is -1.53. The molecular weight excluding hydrogens is 412 g/mol. The van der Waals surface area contributed by atoms with E-state index in [9.17, 15) is 9.18 Å². The number of rotatable bonds is 4. The van der Waals surface area contributed by atoms with Crippen LogP contribution in [0.25, 0.3) is 0 Å². The van der Waals surface area contributed by atoms with E-state index in [1.165, 1.54) is 24.3 Å². The lowest BCUT2D eigenvalue weighted by Crippen LogP contribution is -2.36. The quantitative estimate of drug-likeness (QED) is 0.746. The summed E-state index contributed by atoms with van der Waals surface area (Å²) in [5.74, 6) is -0.428. The molecular formula is C19H19Cl3FN3O. The largest absolute Gasteiger partial charge is 0.370 e. The second-order valence-electron chi connectivity index (χ2n) is 6.39. The van der Waals surface area contributed by atoms with Gasteiger partial charge in [0.15, 0.2) is 0 Å². The number of amides is 1. The number of benzene rings is 2. The highest BCUT2D eigenvalue weighted by atomic mass is 35.5. The molecule has 1 N–H and O–H groups in total. The van der Waals surface area contributed by atoms with Gasteiger partial charge in [0.1, 0.15) is 5.82 Å². The van der Waals surface area contributed by atoms with E-state index in [1.54, 1.807) is 12.1 Å². The summed E-state index contributed by atoms with van der Waals surface area (Å²) in [6.45, 7) is 3.40. The molecule has 1 amide bonds. The van der Waals surface area contributed by atoms with Crippen LogP contribution in [-0.2, 0) is 4.79 Å². The fraction of sp³-hybridized carbons (Fsp3) is 0.316. The van der Waals surface area contributed by atoms with Crippen molar-refractivity contribution in [3.8, 4) is 0 Å². The summed E-state index contributed by atoms with van der Waals surface area (Å²) >= 11 is 18.1. The number of nitrogens with one attached hydrogen (secondary N) is 1. The average molecular weight is 431 g/mol. The van der Waals surface area contributed by atoms with Crippen LogP contribution in [0.3, 0.4) is 0 Å². The van der Waals surface area contributed by atoms with Gasteiger partial charge in [-0.1, -0.05) is 34.8 Å². The van der Waals surface area contributed by atoms with E-state index in [0.717, 1.165) is 38.3 Å². The summed E-state index contributed by atoms with van der Waals surface area (Å²) in [5.41, 5.74) is 1.36. The molecule has 1 aliphatic heterocycles. The summed E-state index contributed by atoms with van der Waals surface area (Å²) < 4.78 is 13.1. The summed E-state index contributed by atoms with van der Waals surface area (Å²) in [6, 6.07) is 9.56. The lowest BCUT2D eigenvalue weighted by molar-refractivity contribution is -0.117. The lowest BCUT2D eigenvalue weighted by atomic mass is 10.2. The van der Waals surface area contributed by atoms with Gasteiger partial charge in [-0.3, -0.25) is 9.69 Å². The number of anilines is 2. The maximum absolute atomic E-state index is 13.1. The molecule has 0 aromatic heterocycles. The Bertz CT molecular complexity index is 793. The molecule has 2 aromatic rings. The van der Waals surface area contributed by atoms with E-state index >= 15 is 0 Å². The van der Waals surface area contributed by atoms with E-state index in [2.05, 4.69) is 15.1 Å². The average Bonchev–Trinajstić information content (AvgIpc) is 2.84. The summed E-state index contributed by atoms with van der Waals surface area (Å²) in [5, 5.41) is 3.79. The first-order chi connectivity index (χ1) is 12.9. The van der Waals surface area contributed by atoms with Crippen LogP contribution >= 0.6 is 34.8 Å². The van der Waals surface area contributed by atoms with Crippen molar-refractivity contribution in [1.29, 1.82) is 0 Å². The molecule has 0 unspecified atom stereocenters. The Balaban J connectivity index is 1.57. The Labute approximate surface area is 172 Å². The number of carbonyl (C=O) groups is 1. The molecule has 27 heavy (non-hydrogen) atoms. The smallest absolute Gasteiger partial charge is 0.238 e. The van der Waals surface area contributed by atoms with Gasteiger partial charge in [-0.25, -0.2) is 4.39 Å². The van der Waals surface area contributed by atoms with E-state index in [-0.39, 0.29) is 18.3 Å². The van der Waals surface area contributed by atoms with Crippen molar-refractivity contribution in [1.82, 2.24) is 4.90 Å². The number of hydrogen-bond acceptors (Lipinski definition) is 3. The molecule has 0 aliphatic carbocycles. The van der Waals surface area contributed by atoms with Gasteiger partial charge in [0, 0.05) is 36.9 Å². The minimum Gasteiger partial charge on any atom is -0.370 e. The van der Waals surface area contributed by atoms with Crippen molar-refractivity contribution >= 4 is 52.1 Å². The number of nitrogens with zero attached hydrogens (tertiary/aromatic N) is 2. The third-order valence-electron chi connectivity index (χ3n) is 4.42. The van der Waals surface area contributed by atoms with Crippen LogP contribution in [0.15, 0.2) is 36.4 Å². The Morgan fingerprint density at radius 1 is 1.00 bits per heavy atom. The molecule has 1 heterocycles. The number of hydrogen-bond donors (Lipinski definition) is 1. The first-order valence-electron chi connectivity index (χ1n) is 8.59. The first-order valence-corrected chi connectivity index (χ1v) is 9.73. The maximum atomic E-state index is 13.1. The van der Waals surface area contributed by atoms with Gasteiger partial charge in [-0.2, -0.15) is 0 Å². The molecule has 4 nitrogen and oxygen atoms in total. The molecule has 3 rings (SSSR count). The fourth-order valence-electron chi connectivity index (χ4n) is 3.08. The second-order valence-corrected chi connectivity index (χ2v) is 7.64. The van der Waals surface area contributed by atoms with Crippen molar-refractivity contribution in [2.45, 2.75) is 6.42 Å². The van der Waals surface area contributed by atoms with E-state index < -0.39 is 0 Å². The Kier molecular flexibility index (Phi) is 6.82. The van der Waals surface area contributed by atoms with E-state index in [1.807, 2.05) is 0 Å². The zero-order valence-electron chi connectivity index (χ0n) is 14.5. The highest BCUT2D eigenvalue weighted by molar-refractivity contribution is 6.42. The van der Waals surface area contributed by atoms with Crippen LogP contribution in [0, 0.1) is 5.82 Å². The first kappa shape index (κ1) is 20.2. The molecule has 1 fully saturated rings. The molecule has 0 saturated carbocycles. The van der Waals surface area contributed by atoms with Crippen molar-refractivity contribution in [2.24, 2.45) is 0 Å². The zero-order chi connectivity index (χ0) is 19.4. The topological polar surface area (TPSA) is 35.6 Å². The van der Waals surface area contributed by atoms with Crippen LogP contribution in [0.1, 0.15) is 6.42 Å². The van der Waals surface area contributed by atoms with Gasteiger partial charge in [0.05, 0.1) is 22.3 Å². The minimum atomic E-state index is -0.244. The lowest BCUT2D eigenvalue weighted by Gasteiger charge is -2.23. The van der Waals surface area contributed by atoms with Crippen LogP contribution < -0.4 is 10.2 Å². The van der Waals surface area contributed by atoms with Crippen molar-refractivity contribution < 1.29 is 9.18 Å². The van der Waals surface area contributed by atoms with E-state index in [0.29, 0.717) is 20.8 Å². The van der Waals surface area contributed by atoms with Gasteiger partial charge in [-0.15, -0.1) is 0 Å². The SMILES string of the molecule is O=C(CN1CCCN(c2ccc(F)cc2)CC1)Nc1c(Cl)cc(Cl)cc1Cl. The second kappa shape index (κ2) is 9.11. The predicted octanol–water partition coefficient (Wildman–Crippen LogP) is 4.94. The van der Waals surface area contributed by atoms with E-state index in [4.69, 9.17) is 34.8 Å². The normalized spacial score (nSPS) is 15.5. The fourth-order valence-corrected chi connectivity index (χ4v) is 3.99. The van der Waals surface area contributed by atoms with Gasteiger partial charge in [0.25, 0.3) is 0 Å². The van der Waals surface area contributed by atoms with Crippen molar-refractivity contribution in [3.63, 3.8) is 0 Å². The molecule has 0 atom stereocenters. The summed E-state index contributed by atoms with van der Waals surface area (Å²) in [7, 11) is 0.